The van der Waals surface area contributed by atoms with Crippen molar-refractivity contribution < 1.29 is 0 Å². The molecule has 0 radical (unpaired) electrons. The Kier molecular flexibility index (Phi) is 6.75. The third kappa shape index (κ3) is 4.06. The van der Waals surface area contributed by atoms with Crippen molar-refractivity contribution in [2.45, 2.75) is 113 Å². The van der Waals surface area contributed by atoms with Gasteiger partial charge in [0.05, 0.1) is 0 Å². The Morgan fingerprint density at radius 2 is 1.81 bits per heavy atom. The molecule has 3 saturated carbocycles. The Balaban J connectivity index is 1.46. The van der Waals surface area contributed by atoms with Crippen molar-refractivity contribution in [1.82, 2.24) is 0 Å². The minimum absolute atomic E-state index is 0.524. The van der Waals surface area contributed by atoms with Crippen LogP contribution in [-0.4, -0.2) is 0 Å². The molecular weight excluding hydrogens is 372 g/mol. The third-order valence-corrected chi connectivity index (χ3v) is 11.2. The topological polar surface area (TPSA) is 0 Å². The average molecular weight is 423 g/mol. The maximum Gasteiger partial charge on any atom is 0.0205 e. The van der Waals surface area contributed by atoms with Crippen LogP contribution in [0.5, 0.6) is 0 Å². The molecule has 0 nitrogen and oxygen atoms in total. The zero-order valence-corrected chi connectivity index (χ0v) is 21.8. The van der Waals surface area contributed by atoms with Crippen LogP contribution in [0.4, 0.5) is 0 Å². The number of hydrogen-bond acceptors (Lipinski definition) is 0. The first-order valence-corrected chi connectivity index (χ1v) is 13.9. The first kappa shape index (κ1) is 23.5. The van der Waals surface area contributed by atoms with E-state index in [1.54, 1.807) is 0 Å². The van der Waals surface area contributed by atoms with Gasteiger partial charge in [-0.15, -0.1) is 5.92 Å². The maximum absolute atomic E-state index is 3.72. The van der Waals surface area contributed by atoms with Crippen LogP contribution in [0.3, 0.4) is 0 Å². The molecule has 0 aromatic carbocycles. The van der Waals surface area contributed by atoms with Crippen molar-refractivity contribution in [3.63, 3.8) is 0 Å². The highest BCUT2D eigenvalue weighted by molar-refractivity contribution is 5.25. The molecule has 0 aromatic rings. The minimum atomic E-state index is 0.524. The predicted octanol–water partition coefficient (Wildman–Crippen LogP) is 8.91. The van der Waals surface area contributed by atoms with Crippen molar-refractivity contribution in [2.24, 2.45) is 58.2 Å². The summed E-state index contributed by atoms with van der Waals surface area (Å²) in [5.41, 5.74) is 2.92. The van der Waals surface area contributed by atoms with E-state index in [4.69, 9.17) is 0 Å². The Morgan fingerprint density at radius 3 is 2.52 bits per heavy atom. The molecule has 0 N–H and O–H groups in total. The lowest BCUT2D eigenvalue weighted by atomic mass is 9.47. The summed E-state index contributed by atoms with van der Waals surface area (Å²) in [6, 6.07) is 0. The Bertz CT molecular complexity index is 731. The third-order valence-electron chi connectivity index (χ3n) is 11.2. The molecule has 4 rings (SSSR count). The second-order valence-electron chi connectivity index (χ2n) is 13.1. The first-order valence-electron chi connectivity index (χ1n) is 13.9. The van der Waals surface area contributed by atoms with Crippen LogP contribution in [-0.2, 0) is 0 Å². The van der Waals surface area contributed by atoms with Crippen molar-refractivity contribution in [2.75, 3.05) is 0 Å². The summed E-state index contributed by atoms with van der Waals surface area (Å²) in [6.07, 6.45) is 16.6. The highest BCUT2D eigenvalue weighted by Crippen LogP contribution is 2.66. The van der Waals surface area contributed by atoms with Gasteiger partial charge >= 0.3 is 0 Å². The second-order valence-corrected chi connectivity index (χ2v) is 13.1. The number of hydrogen-bond donors (Lipinski definition) is 0. The van der Waals surface area contributed by atoms with E-state index in [-0.39, 0.29) is 0 Å². The molecule has 3 fully saturated rings. The minimum Gasteiger partial charge on any atom is -0.103 e. The summed E-state index contributed by atoms with van der Waals surface area (Å²) in [5, 5.41) is 0. The predicted molar refractivity (Wildman–Crippen MR) is 135 cm³/mol. The molecule has 0 heterocycles. The van der Waals surface area contributed by atoms with Gasteiger partial charge in [-0.25, -0.2) is 0 Å². The van der Waals surface area contributed by atoms with Gasteiger partial charge in [-0.1, -0.05) is 72.5 Å². The normalized spacial score (nSPS) is 43.7. The number of fused-ring (bicyclic) bond motifs is 5. The van der Waals surface area contributed by atoms with Gasteiger partial charge in [-0.05, 0) is 104 Å². The molecule has 31 heavy (non-hydrogen) atoms. The van der Waals surface area contributed by atoms with Crippen LogP contribution in [0.15, 0.2) is 11.6 Å². The summed E-state index contributed by atoms with van der Waals surface area (Å²) < 4.78 is 0. The molecule has 0 bridgehead atoms. The van der Waals surface area contributed by atoms with Gasteiger partial charge < -0.3 is 0 Å². The van der Waals surface area contributed by atoms with Crippen molar-refractivity contribution in [3.05, 3.63) is 11.6 Å². The van der Waals surface area contributed by atoms with Crippen molar-refractivity contribution in [3.8, 4) is 11.8 Å². The van der Waals surface area contributed by atoms with Crippen molar-refractivity contribution in [1.29, 1.82) is 0 Å². The van der Waals surface area contributed by atoms with E-state index in [0.717, 1.165) is 47.8 Å². The monoisotopic (exact) mass is 422 g/mol. The standard InChI is InChI=1S/C31H50/c1-8-26(21(2)3)23(5)10-9-11-24-13-15-28-27-14-12-25-20-22(4)16-18-31(25,7)29(27)17-19-30(24,28)6/h12,21-24,26-29H,8,11,13-20H2,1-7H3. The largest absolute Gasteiger partial charge is 0.103 e. The van der Waals surface area contributed by atoms with E-state index in [0.29, 0.717) is 16.7 Å². The summed E-state index contributed by atoms with van der Waals surface area (Å²) in [6.45, 7) is 17.2. The van der Waals surface area contributed by atoms with Crippen LogP contribution < -0.4 is 0 Å². The van der Waals surface area contributed by atoms with E-state index < -0.39 is 0 Å². The molecule has 0 saturated heterocycles. The molecule has 0 spiro atoms. The molecule has 0 aliphatic heterocycles. The number of rotatable bonds is 4. The smallest absolute Gasteiger partial charge is 0.0205 e. The van der Waals surface area contributed by atoms with Crippen LogP contribution in [0.1, 0.15) is 113 Å². The van der Waals surface area contributed by atoms with E-state index in [9.17, 15) is 0 Å². The maximum atomic E-state index is 3.72. The van der Waals surface area contributed by atoms with Crippen LogP contribution in [0.2, 0.25) is 0 Å². The Hall–Kier alpha value is -0.700. The lowest BCUT2D eigenvalue weighted by molar-refractivity contribution is -0.0429. The molecule has 9 atom stereocenters. The van der Waals surface area contributed by atoms with Gasteiger partial charge in [0, 0.05) is 12.3 Å². The number of allylic oxidation sites excluding steroid dienone is 2. The summed E-state index contributed by atoms with van der Waals surface area (Å²) in [4.78, 5) is 0. The van der Waals surface area contributed by atoms with E-state index in [1.807, 2.05) is 5.57 Å². The SMILES string of the molecule is CCC(C(C)C)C(C)C#CCC1CCC2C3CC=C4CC(C)CCC4(C)C3CCC12C. The van der Waals surface area contributed by atoms with Crippen LogP contribution in [0, 0.1) is 70.0 Å². The fraction of sp³-hybridized carbons (Fsp3) is 0.871. The van der Waals surface area contributed by atoms with E-state index >= 15 is 0 Å². The average Bonchev–Trinajstić information content (AvgIpc) is 3.05. The van der Waals surface area contributed by atoms with Gasteiger partial charge in [0.1, 0.15) is 0 Å². The Labute approximate surface area is 194 Å². The van der Waals surface area contributed by atoms with Gasteiger partial charge in [0.15, 0.2) is 0 Å². The van der Waals surface area contributed by atoms with Crippen LogP contribution >= 0.6 is 0 Å². The zero-order chi connectivity index (χ0) is 22.4. The van der Waals surface area contributed by atoms with Crippen molar-refractivity contribution >= 4 is 0 Å². The molecule has 0 heteroatoms. The van der Waals surface area contributed by atoms with Gasteiger partial charge in [0.2, 0.25) is 0 Å². The van der Waals surface area contributed by atoms with Gasteiger partial charge in [0.25, 0.3) is 0 Å². The van der Waals surface area contributed by atoms with Gasteiger partial charge in [-0.3, -0.25) is 0 Å². The van der Waals surface area contributed by atoms with Gasteiger partial charge in [-0.2, -0.15) is 0 Å². The second kappa shape index (κ2) is 8.92. The lowest BCUT2D eigenvalue weighted by Crippen LogP contribution is -2.49. The molecule has 4 aliphatic rings. The molecular formula is C31H50. The Morgan fingerprint density at radius 1 is 1.03 bits per heavy atom. The summed E-state index contributed by atoms with van der Waals surface area (Å²) in [5.74, 6) is 14.0. The molecule has 0 amide bonds. The first-order chi connectivity index (χ1) is 14.7. The highest BCUT2D eigenvalue weighted by atomic mass is 14.6. The lowest BCUT2D eigenvalue weighted by Gasteiger charge is -2.58. The fourth-order valence-electron chi connectivity index (χ4n) is 9.14. The summed E-state index contributed by atoms with van der Waals surface area (Å²) >= 11 is 0. The molecule has 4 aliphatic carbocycles. The molecule has 0 aromatic heterocycles. The fourth-order valence-corrected chi connectivity index (χ4v) is 9.14. The van der Waals surface area contributed by atoms with Crippen LogP contribution in [0.25, 0.3) is 0 Å². The zero-order valence-electron chi connectivity index (χ0n) is 21.8. The molecule has 9 unspecified atom stereocenters. The molecule has 174 valence electrons. The highest BCUT2D eigenvalue weighted by Gasteiger charge is 2.58. The van der Waals surface area contributed by atoms with E-state index in [2.05, 4.69) is 66.4 Å². The summed E-state index contributed by atoms with van der Waals surface area (Å²) in [7, 11) is 0. The quantitative estimate of drug-likeness (QED) is 0.313. The van der Waals surface area contributed by atoms with E-state index in [1.165, 1.54) is 57.8 Å².